The Hall–Kier alpha value is -4.29. The quantitative estimate of drug-likeness (QED) is 0.521. The normalized spacial score (nSPS) is 16.5. The number of allylic oxidation sites excluding steroid dienone is 1. The van der Waals surface area contributed by atoms with Gasteiger partial charge in [-0.1, -0.05) is 36.4 Å². The predicted molar refractivity (Wildman–Crippen MR) is 119 cm³/mol. The SMILES string of the molecule is N#CC1=C(N)n2c(sc(=Cc3ccccc3C(F)(F)F)c2=O)=C(C#N)[C@H]1c1ccccc1C(F)(F)F. The van der Waals surface area contributed by atoms with Gasteiger partial charge >= 0.3 is 12.4 Å². The highest BCUT2D eigenvalue weighted by Gasteiger charge is 2.40. The van der Waals surface area contributed by atoms with Crippen molar-refractivity contribution in [1.82, 2.24) is 4.57 Å². The van der Waals surface area contributed by atoms with Crippen LogP contribution >= 0.6 is 11.3 Å². The van der Waals surface area contributed by atoms with Gasteiger partial charge in [-0.3, -0.25) is 9.36 Å². The van der Waals surface area contributed by atoms with E-state index in [1.807, 2.05) is 0 Å². The second-order valence-electron chi connectivity index (χ2n) is 7.60. The Kier molecular flexibility index (Phi) is 6.02. The lowest BCUT2D eigenvalue weighted by Gasteiger charge is -2.24. The van der Waals surface area contributed by atoms with E-state index >= 15 is 0 Å². The fourth-order valence-corrected chi connectivity index (χ4v) is 5.11. The van der Waals surface area contributed by atoms with E-state index < -0.39 is 51.9 Å². The van der Waals surface area contributed by atoms with Crippen molar-refractivity contribution in [3.63, 3.8) is 0 Å². The van der Waals surface area contributed by atoms with Gasteiger partial charge in [0.1, 0.15) is 10.5 Å². The van der Waals surface area contributed by atoms with Crippen molar-refractivity contribution >= 4 is 28.8 Å². The monoisotopic (exact) mass is 518 g/mol. The summed E-state index contributed by atoms with van der Waals surface area (Å²) in [6.45, 7) is 0. The first-order chi connectivity index (χ1) is 16.9. The Morgan fingerprint density at radius 3 is 2.03 bits per heavy atom. The molecule has 1 atom stereocenters. The smallest absolute Gasteiger partial charge is 0.384 e. The second kappa shape index (κ2) is 8.73. The van der Waals surface area contributed by atoms with E-state index in [4.69, 9.17) is 5.73 Å². The van der Waals surface area contributed by atoms with Gasteiger partial charge in [-0.15, -0.1) is 11.3 Å². The molecular weight excluding hydrogens is 506 g/mol. The van der Waals surface area contributed by atoms with Gasteiger partial charge in [-0.25, -0.2) is 0 Å². The number of fused-ring (bicyclic) bond motifs is 1. The number of nitrogens with zero attached hydrogens (tertiary/aromatic N) is 3. The molecule has 0 fully saturated rings. The summed E-state index contributed by atoms with van der Waals surface area (Å²) in [6.07, 6.45) is -8.57. The van der Waals surface area contributed by atoms with E-state index in [-0.39, 0.29) is 20.3 Å². The molecule has 0 bridgehead atoms. The summed E-state index contributed by atoms with van der Waals surface area (Å²) in [6, 6.07) is 12.3. The first kappa shape index (κ1) is 24.8. The largest absolute Gasteiger partial charge is 0.416 e. The Bertz CT molecular complexity index is 1680. The molecule has 0 aliphatic carbocycles. The minimum atomic E-state index is -4.82. The number of rotatable bonds is 2. The molecule has 2 heterocycles. The zero-order valence-corrected chi connectivity index (χ0v) is 18.6. The summed E-state index contributed by atoms with van der Waals surface area (Å²) in [5.41, 5.74) is 1.46. The third-order valence-electron chi connectivity index (χ3n) is 5.52. The summed E-state index contributed by atoms with van der Waals surface area (Å²) in [4.78, 5) is 13.1. The fraction of sp³-hybridized carbons (Fsp3) is 0.125. The van der Waals surface area contributed by atoms with Crippen LogP contribution in [0, 0.1) is 22.7 Å². The number of nitrogens with two attached hydrogens (primary N) is 1. The summed E-state index contributed by atoms with van der Waals surface area (Å²) in [5, 5.41) is 19.6. The summed E-state index contributed by atoms with van der Waals surface area (Å²) in [7, 11) is 0. The molecule has 0 saturated heterocycles. The van der Waals surface area contributed by atoms with Crippen LogP contribution in [0.5, 0.6) is 0 Å². The molecule has 1 aliphatic heterocycles. The minimum Gasteiger partial charge on any atom is -0.384 e. The number of hydrogen-bond acceptors (Lipinski definition) is 5. The van der Waals surface area contributed by atoms with Crippen LogP contribution in [0.1, 0.15) is 28.2 Å². The van der Waals surface area contributed by atoms with Crippen molar-refractivity contribution in [1.29, 1.82) is 10.5 Å². The van der Waals surface area contributed by atoms with Crippen molar-refractivity contribution in [2.75, 3.05) is 0 Å². The van der Waals surface area contributed by atoms with E-state index in [1.165, 1.54) is 18.2 Å². The molecule has 4 rings (SSSR count). The Morgan fingerprint density at radius 2 is 1.44 bits per heavy atom. The average molecular weight is 518 g/mol. The number of hydrogen-bond donors (Lipinski definition) is 1. The van der Waals surface area contributed by atoms with Gasteiger partial charge < -0.3 is 5.73 Å². The van der Waals surface area contributed by atoms with Crippen molar-refractivity contribution in [3.8, 4) is 12.1 Å². The highest BCUT2D eigenvalue weighted by atomic mass is 32.1. The van der Waals surface area contributed by atoms with E-state index in [2.05, 4.69) is 0 Å². The maximum Gasteiger partial charge on any atom is 0.416 e. The van der Waals surface area contributed by atoms with Crippen LogP contribution in [0.4, 0.5) is 26.3 Å². The van der Waals surface area contributed by atoms with Crippen molar-refractivity contribution in [2.24, 2.45) is 5.73 Å². The maximum atomic E-state index is 13.7. The molecule has 36 heavy (non-hydrogen) atoms. The van der Waals surface area contributed by atoms with Crippen molar-refractivity contribution in [2.45, 2.75) is 18.3 Å². The molecule has 0 radical (unpaired) electrons. The summed E-state index contributed by atoms with van der Waals surface area (Å²) >= 11 is 0.600. The van der Waals surface area contributed by atoms with E-state index in [9.17, 15) is 41.7 Å². The minimum absolute atomic E-state index is 0.170. The van der Waals surface area contributed by atoms with E-state index in [1.54, 1.807) is 12.1 Å². The third-order valence-corrected chi connectivity index (χ3v) is 6.63. The third kappa shape index (κ3) is 4.06. The predicted octanol–water partition coefficient (Wildman–Crippen LogP) is 3.90. The van der Waals surface area contributed by atoms with Crippen molar-refractivity contribution in [3.05, 3.63) is 95.9 Å². The number of aromatic nitrogens is 1. The zero-order valence-electron chi connectivity index (χ0n) is 17.8. The lowest BCUT2D eigenvalue weighted by molar-refractivity contribution is -0.138. The summed E-state index contributed by atoms with van der Waals surface area (Å²) in [5.74, 6) is -2.04. The van der Waals surface area contributed by atoms with Crippen LogP contribution in [-0.4, -0.2) is 4.57 Å². The molecule has 1 aliphatic rings. The van der Waals surface area contributed by atoms with Crippen LogP contribution in [0.15, 0.2) is 58.9 Å². The lowest BCUT2D eigenvalue weighted by Crippen LogP contribution is -2.38. The molecule has 12 heteroatoms. The lowest BCUT2D eigenvalue weighted by atomic mass is 9.82. The van der Waals surface area contributed by atoms with Gasteiger partial charge in [0.2, 0.25) is 0 Å². The number of halogens is 6. The topological polar surface area (TPSA) is 95.6 Å². The first-order valence-electron chi connectivity index (χ1n) is 10.0. The highest BCUT2D eigenvalue weighted by molar-refractivity contribution is 7.07. The van der Waals surface area contributed by atoms with E-state index in [0.29, 0.717) is 11.3 Å². The molecule has 0 saturated carbocycles. The summed E-state index contributed by atoms with van der Waals surface area (Å²) < 4.78 is 81.8. The fourth-order valence-electron chi connectivity index (χ4n) is 3.99. The maximum absolute atomic E-state index is 13.7. The van der Waals surface area contributed by atoms with Crippen LogP contribution in [0.25, 0.3) is 17.5 Å². The van der Waals surface area contributed by atoms with Crippen LogP contribution in [-0.2, 0) is 12.4 Å². The number of nitriles is 2. The van der Waals surface area contributed by atoms with E-state index in [0.717, 1.165) is 41.0 Å². The molecular formula is C24H12F6N4OS. The van der Waals surface area contributed by atoms with Crippen LogP contribution < -0.4 is 20.5 Å². The molecule has 2 aromatic carbocycles. The average Bonchev–Trinajstić information content (AvgIpc) is 3.14. The Labute approximate surface area is 202 Å². The number of benzene rings is 2. The molecule has 0 amide bonds. The molecule has 5 nitrogen and oxygen atoms in total. The van der Waals surface area contributed by atoms with Gasteiger partial charge in [0.05, 0.1) is 44.9 Å². The Balaban J connectivity index is 2.09. The van der Waals surface area contributed by atoms with Crippen molar-refractivity contribution < 1.29 is 26.3 Å². The number of alkyl halides is 6. The molecule has 182 valence electrons. The number of thiazole rings is 1. The Morgan fingerprint density at radius 1 is 0.889 bits per heavy atom. The standard InChI is InChI=1S/C24H12F6N4OS/c25-23(26,27)16-7-3-1-5-12(16)9-18-21(35)34-20(33)14(10-31)19(15(11-32)22(34)36-18)13-6-2-4-8-17(13)24(28,29)30/h1-9,19H,33H2/t19-/m0/s1. The second-order valence-corrected chi connectivity index (χ2v) is 8.63. The van der Waals surface area contributed by atoms with Gasteiger partial charge in [-0.2, -0.15) is 36.9 Å². The molecule has 3 aromatic rings. The van der Waals surface area contributed by atoms with Gasteiger partial charge in [0.25, 0.3) is 5.56 Å². The van der Waals surface area contributed by atoms with Gasteiger partial charge in [0.15, 0.2) is 0 Å². The van der Waals surface area contributed by atoms with Crippen LogP contribution in [0.2, 0.25) is 0 Å². The zero-order chi connectivity index (χ0) is 26.4. The molecule has 1 aromatic heterocycles. The first-order valence-corrected chi connectivity index (χ1v) is 10.8. The molecule has 0 spiro atoms. The van der Waals surface area contributed by atoms with Crippen LogP contribution in [0.3, 0.4) is 0 Å². The highest BCUT2D eigenvalue weighted by Crippen LogP contribution is 2.42. The van der Waals surface area contributed by atoms with Gasteiger partial charge in [-0.05, 0) is 29.3 Å². The molecule has 0 unspecified atom stereocenters. The molecule has 2 N–H and O–H groups in total. The van der Waals surface area contributed by atoms with Gasteiger partial charge in [0, 0.05) is 0 Å².